The van der Waals surface area contributed by atoms with E-state index in [-0.39, 0.29) is 11.7 Å². The van der Waals surface area contributed by atoms with Crippen molar-refractivity contribution >= 4 is 75.4 Å². The van der Waals surface area contributed by atoms with Crippen LogP contribution in [-0.4, -0.2) is 21.3 Å². The Morgan fingerprint density at radius 2 is 1.96 bits per heavy atom. The molecule has 0 aliphatic carbocycles. The molecule has 2 aromatic rings. The summed E-state index contributed by atoms with van der Waals surface area (Å²) in [7, 11) is 0. The molecule has 1 aliphatic heterocycles. The van der Waals surface area contributed by atoms with Gasteiger partial charge in [0, 0.05) is 10.7 Å². The van der Waals surface area contributed by atoms with E-state index in [2.05, 4.69) is 5.32 Å². The molecule has 0 fully saturated rings. The molecule has 0 unspecified atom stereocenters. The highest BCUT2D eigenvalue weighted by Crippen LogP contribution is 2.48. The monoisotopic (exact) mass is 431 g/mol. The quantitative estimate of drug-likeness (QED) is 0.577. The molecule has 0 bridgehead atoms. The molecular weight excluding hydrogens is 421 g/mol. The number of aliphatic carboxylic acids is 1. The summed E-state index contributed by atoms with van der Waals surface area (Å²) in [6, 6.07) is 10.8. The first-order valence-electron chi connectivity index (χ1n) is 7.28. The topological polar surface area (TPSA) is 49.3 Å². The summed E-state index contributed by atoms with van der Waals surface area (Å²) < 4.78 is 0. The number of carboxylic acid groups (broad SMARTS) is 1. The number of nitrogens with one attached hydrogen (secondary N) is 1. The van der Waals surface area contributed by atoms with Gasteiger partial charge in [0.05, 0.1) is 32.0 Å². The van der Waals surface area contributed by atoms with Crippen LogP contribution in [0.5, 0.6) is 0 Å². The summed E-state index contributed by atoms with van der Waals surface area (Å²) in [6.45, 7) is 0. The van der Waals surface area contributed by atoms with Crippen LogP contribution in [0.2, 0.25) is 15.1 Å². The van der Waals surface area contributed by atoms with Crippen molar-refractivity contribution in [3.8, 4) is 0 Å². The molecule has 130 valence electrons. The second kappa shape index (κ2) is 7.72. The Morgan fingerprint density at radius 1 is 1.20 bits per heavy atom. The van der Waals surface area contributed by atoms with Gasteiger partial charge in [-0.3, -0.25) is 4.79 Å². The van der Waals surface area contributed by atoms with E-state index < -0.39 is 11.2 Å². The van der Waals surface area contributed by atoms with Crippen LogP contribution in [0.4, 0.5) is 5.69 Å². The lowest BCUT2D eigenvalue weighted by Crippen LogP contribution is -2.24. The van der Waals surface area contributed by atoms with Crippen LogP contribution in [0, 0.1) is 0 Å². The minimum absolute atomic E-state index is 0.0904. The minimum atomic E-state index is -0.915. The molecule has 3 rings (SSSR count). The fraction of sp³-hybridized carbons (Fsp3) is 0.176. The van der Waals surface area contributed by atoms with E-state index in [1.165, 1.54) is 11.8 Å². The summed E-state index contributed by atoms with van der Waals surface area (Å²) in [5, 5.41) is 13.2. The number of thiocarbonyl (C=S) groups is 1. The van der Waals surface area contributed by atoms with Gasteiger partial charge in [-0.1, -0.05) is 59.2 Å². The van der Waals surface area contributed by atoms with E-state index in [0.717, 1.165) is 16.8 Å². The maximum atomic E-state index is 11.2. The molecule has 0 spiro atoms. The fourth-order valence-electron chi connectivity index (χ4n) is 2.64. The van der Waals surface area contributed by atoms with Gasteiger partial charge >= 0.3 is 5.97 Å². The smallest absolute Gasteiger partial charge is 0.304 e. The van der Waals surface area contributed by atoms with Crippen molar-refractivity contribution in [3.05, 3.63) is 62.6 Å². The highest BCUT2D eigenvalue weighted by atomic mass is 35.5. The number of rotatable bonds is 3. The number of carbonyl (C=O) groups is 1. The zero-order valence-electron chi connectivity index (χ0n) is 12.6. The Bertz CT molecular complexity index is 860. The third-order valence-electron chi connectivity index (χ3n) is 3.77. The number of anilines is 1. The number of hydrogen-bond acceptors (Lipinski definition) is 3. The van der Waals surface area contributed by atoms with Crippen molar-refractivity contribution < 1.29 is 9.90 Å². The summed E-state index contributed by atoms with van der Waals surface area (Å²) in [4.78, 5) is 11.7. The first kappa shape index (κ1) is 18.8. The highest BCUT2D eigenvalue weighted by Gasteiger charge is 2.32. The Hall–Kier alpha value is -0.980. The summed E-state index contributed by atoms with van der Waals surface area (Å²) in [6.07, 6.45) is -0.0904. The van der Waals surface area contributed by atoms with Crippen LogP contribution in [0.1, 0.15) is 22.8 Å². The zero-order chi connectivity index (χ0) is 18.1. The molecule has 2 aromatic carbocycles. The van der Waals surface area contributed by atoms with E-state index in [4.69, 9.17) is 47.0 Å². The Labute approximate surface area is 169 Å². The average molecular weight is 433 g/mol. The molecular formula is C17H12Cl3NO2S2. The molecule has 1 heterocycles. The number of carboxylic acids is 1. The van der Waals surface area contributed by atoms with Gasteiger partial charge in [-0.25, -0.2) is 0 Å². The van der Waals surface area contributed by atoms with Gasteiger partial charge in [0.15, 0.2) is 0 Å². The maximum Gasteiger partial charge on any atom is 0.304 e. The standard InChI is InChI=1S/C17H12Cl3NO2S2/c18-8-4-5-12-10(6-8)16(9-2-1-3-11(19)15(9)20)25-13(7-14(22)23)17(24)21-12/h1-6,13,16H,7H2,(H,21,24)(H,22,23)/t13-,16-/m0/s1. The predicted molar refractivity (Wildman–Crippen MR) is 110 cm³/mol. The van der Waals surface area contributed by atoms with Gasteiger partial charge in [0.2, 0.25) is 0 Å². The molecule has 2 atom stereocenters. The molecule has 0 saturated carbocycles. The molecule has 2 N–H and O–H groups in total. The number of fused-ring (bicyclic) bond motifs is 1. The maximum absolute atomic E-state index is 11.2. The van der Waals surface area contributed by atoms with Crippen molar-refractivity contribution in [2.24, 2.45) is 0 Å². The van der Waals surface area contributed by atoms with Crippen molar-refractivity contribution in [1.29, 1.82) is 0 Å². The molecule has 3 nitrogen and oxygen atoms in total. The molecule has 25 heavy (non-hydrogen) atoms. The molecule has 8 heteroatoms. The van der Waals surface area contributed by atoms with Crippen molar-refractivity contribution in [2.45, 2.75) is 16.9 Å². The van der Waals surface area contributed by atoms with Gasteiger partial charge in [-0.05, 0) is 35.4 Å². The van der Waals surface area contributed by atoms with Gasteiger partial charge in [0.25, 0.3) is 0 Å². The van der Waals surface area contributed by atoms with E-state index >= 15 is 0 Å². The SMILES string of the molecule is O=C(O)C[C@@H]1S[C@@H](c2cccc(Cl)c2Cl)c2cc(Cl)ccc2NC1=S. The lowest BCUT2D eigenvalue weighted by atomic mass is 10.0. The summed E-state index contributed by atoms with van der Waals surface area (Å²) in [5.74, 6) is -0.915. The number of halogens is 3. The van der Waals surface area contributed by atoms with E-state index in [9.17, 15) is 9.90 Å². The van der Waals surface area contributed by atoms with Crippen LogP contribution in [0.15, 0.2) is 36.4 Å². The van der Waals surface area contributed by atoms with Crippen LogP contribution in [0.3, 0.4) is 0 Å². The normalized spacial score (nSPS) is 19.7. The van der Waals surface area contributed by atoms with Crippen LogP contribution in [-0.2, 0) is 4.79 Å². The van der Waals surface area contributed by atoms with E-state index in [1.807, 2.05) is 24.3 Å². The second-order valence-corrected chi connectivity index (χ2v) is 8.44. The number of benzene rings is 2. The Kier molecular flexibility index (Phi) is 5.81. The molecule has 0 amide bonds. The second-order valence-electron chi connectivity index (χ2n) is 5.47. The first-order valence-corrected chi connectivity index (χ1v) is 9.77. The Morgan fingerprint density at radius 3 is 2.68 bits per heavy atom. The van der Waals surface area contributed by atoms with E-state index in [1.54, 1.807) is 12.1 Å². The molecule has 0 aromatic heterocycles. The van der Waals surface area contributed by atoms with Gasteiger partial charge in [0.1, 0.15) is 0 Å². The third-order valence-corrected chi connectivity index (χ3v) is 6.89. The van der Waals surface area contributed by atoms with Gasteiger partial charge in [-0.15, -0.1) is 11.8 Å². The lowest BCUT2D eigenvalue weighted by Gasteiger charge is -2.21. The summed E-state index contributed by atoms with van der Waals surface area (Å²) in [5.41, 5.74) is 2.47. The van der Waals surface area contributed by atoms with Crippen molar-refractivity contribution in [2.75, 3.05) is 5.32 Å². The Balaban J connectivity index is 2.15. The average Bonchev–Trinajstić information content (AvgIpc) is 2.67. The largest absolute Gasteiger partial charge is 0.481 e. The lowest BCUT2D eigenvalue weighted by molar-refractivity contribution is -0.136. The molecule has 0 saturated heterocycles. The molecule has 0 radical (unpaired) electrons. The van der Waals surface area contributed by atoms with Gasteiger partial charge < -0.3 is 10.4 Å². The minimum Gasteiger partial charge on any atom is -0.481 e. The number of thioether (sulfide) groups is 1. The fourth-order valence-corrected chi connectivity index (χ4v) is 5.10. The highest BCUT2D eigenvalue weighted by molar-refractivity contribution is 8.02. The molecule has 1 aliphatic rings. The van der Waals surface area contributed by atoms with Gasteiger partial charge in [-0.2, -0.15) is 0 Å². The van der Waals surface area contributed by atoms with E-state index in [0.29, 0.717) is 20.1 Å². The predicted octanol–water partition coefficient (Wildman–Crippen LogP) is 6.07. The third kappa shape index (κ3) is 4.07. The van der Waals surface area contributed by atoms with Crippen molar-refractivity contribution in [1.82, 2.24) is 0 Å². The van der Waals surface area contributed by atoms with Crippen LogP contribution in [0.25, 0.3) is 0 Å². The van der Waals surface area contributed by atoms with Crippen LogP contribution >= 0.6 is 58.8 Å². The van der Waals surface area contributed by atoms with Crippen molar-refractivity contribution in [3.63, 3.8) is 0 Å². The first-order chi connectivity index (χ1) is 11.9. The van der Waals surface area contributed by atoms with Crippen LogP contribution < -0.4 is 5.32 Å². The zero-order valence-corrected chi connectivity index (χ0v) is 16.5. The number of hydrogen-bond donors (Lipinski definition) is 2. The summed E-state index contributed by atoms with van der Waals surface area (Å²) >= 11 is 25.6.